The van der Waals surface area contributed by atoms with Gasteiger partial charge in [-0.1, -0.05) is 26.0 Å². The van der Waals surface area contributed by atoms with Crippen molar-refractivity contribution in [1.29, 1.82) is 0 Å². The van der Waals surface area contributed by atoms with Gasteiger partial charge < -0.3 is 19.7 Å². The number of fused-ring (bicyclic) bond motifs is 1. The summed E-state index contributed by atoms with van der Waals surface area (Å²) < 4.78 is 11.4. The summed E-state index contributed by atoms with van der Waals surface area (Å²) in [6, 6.07) is 7.38. The fraction of sp³-hybridized carbons (Fsp3) is 0.579. The lowest BCUT2D eigenvalue weighted by atomic mass is 10.2. The molecule has 1 fully saturated rings. The van der Waals surface area contributed by atoms with Crippen LogP contribution in [-0.2, 0) is 9.59 Å². The van der Waals surface area contributed by atoms with E-state index in [1.807, 2.05) is 24.3 Å². The summed E-state index contributed by atoms with van der Waals surface area (Å²) in [6.07, 6.45) is -0.606. The first-order chi connectivity index (χ1) is 12.5. The molecule has 1 N–H and O–H groups in total. The molecule has 1 aromatic rings. The summed E-state index contributed by atoms with van der Waals surface area (Å²) in [4.78, 5) is 28.5. The van der Waals surface area contributed by atoms with Crippen molar-refractivity contribution in [2.24, 2.45) is 5.92 Å². The Morgan fingerprint density at radius 2 is 1.85 bits per heavy atom. The van der Waals surface area contributed by atoms with Crippen molar-refractivity contribution in [3.63, 3.8) is 0 Å². The van der Waals surface area contributed by atoms with E-state index in [1.165, 1.54) is 0 Å². The fourth-order valence-corrected chi connectivity index (χ4v) is 3.05. The largest absolute Gasteiger partial charge is 0.485 e. The highest BCUT2D eigenvalue weighted by molar-refractivity contribution is 5.82. The summed E-state index contributed by atoms with van der Waals surface area (Å²) in [5.74, 6) is 1.71. The maximum Gasteiger partial charge on any atom is 0.267 e. The average molecular weight is 361 g/mol. The molecule has 0 aromatic heterocycles. The van der Waals surface area contributed by atoms with Crippen LogP contribution >= 0.6 is 0 Å². The highest BCUT2D eigenvalue weighted by atomic mass is 16.6. The zero-order valence-corrected chi connectivity index (χ0v) is 15.4. The Bertz CT molecular complexity index is 641. The van der Waals surface area contributed by atoms with Crippen molar-refractivity contribution in [2.45, 2.75) is 20.0 Å². The van der Waals surface area contributed by atoms with Crippen molar-refractivity contribution >= 4 is 11.8 Å². The second-order valence-electron chi connectivity index (χ2n) is 7.16. The lowest BCUT2D eigenvalue weighted by Crippen LogP contribution is -2.55. The summed E-state index contributed by atoms with van der Waals surface area (Å²) in [7, 11) is 0. The molecule has 7 heteroatoms. The summed E-state index contributed by atoms with van der Waals surface area (Å²) in [5.41, 5.74) is 0. The van der Waals surface area contributed by atoms with Crippen LogP contribution in [0.2, 0.25) is 0 Å². The molecular formula is C19H27N3O4. The molecule has 0 spiro atoms. The Morgan fingerprint density at radius 3 is 2.54 bits per heavy atom. The molecule has 0 unspecified atom stereocenters. The second-order valence-corrected chi connectivity index (χ2v) is 7.16. The van der Waals surface area contributed by atoms with Crippen LogP contribution in [0.25, 0.3) is 0 Å². The van der Waals surface area contributed by atoms with Crippen LogP contribution in [0.15, 0.2) is 24.3 Å². The number of nitrogens with one attached hydrogen (secondary N) is 1. The third-order valence-corrected chi connectivity index (χ3v) is 4.54. The smallest absolute Gasteiger partial charge is 0.267 e. The van der Waals surface area contributed by atoms with Crippen LogP contribution in [0.1, 0.15) is 13.8 Å². The fourth-order valence-electron chi connectivity index (χ4n) is 3.05. The van der Waals surface area contributed by atoms with Gasteiger partial charge in [-0.3, -0.25) is 14.5 Å². The number of carbonyl (C=O) groups is 2. The molecule has 3 rings (SSSR count). The minimum Gasteiger partial charge on any atom is -0.485 e. The maximum atomic E-state index is 12.7. The lowest BCUT2D eigenvalue weighted by Gasteiger charge is -2.36. The van der Waals surface area contributed by atoms with E-state index in [2.05, 4.69) is 24.1 Å². The van der Waals surface area contributed by atoms with Gasteiger partial charge in [-0.2, -0.15) is 0 Å². The summed E-state index contributed by atoms with van der Waals surface area (Å²) in [5, 5.41) is 2.93. The van der Waals surface area contributed by atoms with Crippen LogP contribution in [-0.4, -0.2) is 73.6 Å². The molecule has 142 valence electrons. The number of piperazine rings is 1. The monoisotopic (exact) mass is 361 g/mol. The molecule has 0 saturated carbocycles. The van der Waals surface area contributed by atoms with Crippen molar-refractivity contribution in [2.75, 3.05) is 45.9 Å². The number of para-hydroxylation sites is 2. The molecule has 0 bridgehead atoms. The molecule has 26 heavy (non-hydrogen) atoms. The van der Waals surface area contributed by atoms with E-state index in [0.29, 0.717) is 56.7 Å². The minimum atomic E-state index is -0.606. The number of benzene rings is 1. The SMILES string of the molecule is CC(C)CNC(=O)CN1CCN(C(=O)[C@@H]2COc3ccccc3O2)CC1. The third-order valence-electron chi connectivity index (χ3n) is 4.54. The van der Waals surface area contributed by atoms with Gasteiger partial charge in [0.25, 0.3) is 5.91 Å². The van der Waals surface area contributed by atoms with Crippen LogP contribution in [0, 0.1) is 5.92 Å². The Balaban J connectivity index is 1.45. The van der Waals surface area contributed by atoms with E-state index in [-0.39, 0.29) is 18.4 Å². The average Bonchev–Trinajstić information content (AvgIpc) is 2.66. The second kappa shape index (κ2) is 8.40. The quantitative estimate of drug-likeness (QED) is 0.838. The molecule has 2 amide bonds. The predicted molar refractivity (Wildman–Crippen MR) is 97.2 cm³/mol. The van der Waals surface area contributed by atoms with Crippen molar-refractivity contribution < 1.29 is 19.1 Å². The molecule has 0 aliphatic carbocycles. The topological polar surface area (TPSA) is 71.1 Å². The summed E-state index contributed by atoms with van der Waals surface area (Å²) in [6.45, 7) is 8.00. The predicted octanol–water partition coefficient (Wildman–Crippen LogP) is 0.743. The molecule has 2 aliphatic heterocycles. The first kappa shape index (κ1) is 18.5. The number of rotatable bonds is 5. The first-order valence-electron chi connectivity index (χ1n) is 9.19. The van der Waals surface area contributed by atoms with Crippen LogP contribution < -0.4 is 14.8 Å². The first-order valence-corrected chi connectivity index (χ1v) is 9.19. The van der Waals surface area contributed by atoms with E-state index in [4.69, 9.17) is 9.47 Å². The van der Waals surface area contributed by atoms with Crippen molar-refractivity contribution in [3.05, 3.63) is 24.3 Å². The highest BCUT2D eigenvalue weighted by Gasteiger charge is 2.32. The highest BCUT2D eigenvalue weighted by Crippen LogP contribution is 2.31. The Labute approximate surface area is 154 Å². The van der Waals surface area contributed by atoms with Crippen LogP contribution in [0.3, 0.4) is 0 Å². The molecule has 1 aromatic carbocycles. The minimum absolute atomic E-state index is 0.0408. The normalized spacial score (nSPS) is 20.1. The number of carbonyl (C=O) groups excluding carboxylic acids is 2. The maximum absolute atomic E-state index is 12.7. The standard InChI is InChI=1S/C19H27N3O4/c1-14(2)11-20-18(23)12-21-7-9-22(10-8-21)19(24)17-13-25-15-5-3-4-6-16(15)26-17/h3-6,14,17H,7-13H2,1-2H3,(H,20,23)/t17-/m0/s1. The van der Waals surface area contributed by atoms with Gasteiger partial charge in [0.1, 0.15) is 6.61 Å². The van der Waals surface area contributed by atoms with Gasteiger partial charge in [-0.05, 0) is 18.1 Å². The van der Waals surface area contributed by atoms with Crippen LogP contribution in [0.5, 0.6) is 11.5 Å². The van der Waals surface area contributed by atoms with Gasteiger partial charge >= 0.3 is 0 Å². The van der Waals surface area contributed by atoms with E-state index in [0.717, 1.165) is 0 Å². The molecule has 2 heterocycles. The Hall–Kier alpha value is -2.28. The molecule has 1 atom stereocenters. The number of nitrogens with zero attached hydrogens (tertiary/aromatic N) is 2. The lowest BCUT2D eigenvalue weighted by molar-refractivity contribution is -0.143. The number of hydrogen-bond donors (Lipinski definition) is 1. The Kier molecular flexibility index (Phi) is 5.98. The Morgan fingerprint density at radius 1 is 1.15 bits per heavy atom. The number of amides is 2. The zero-order chi connectivity index (χ0) is 18.5. The van der Waals surface area contributed by atoms with Crippen LogP contribution in [0.4, 0.5) is 0 Å². The van der Waals surface area contributed by atoms with Gasteiger partial charge in [0, 0.05) is 32.7 Å². The van der Waals surface area contributed by atoms with E-state index in [1.54, 1.807) is 4.90 Å². The third kappa shape index (κ3) is 4.66. The van der Waals surface area contributed by atoms with E-state index < -0.39 is 6.10 Å². The van der Waals surface area contributed by atoms with Gasteiger partial charge in [-0.15, -0.1) is 0 Å². The molecular weight excluding hydrogens is 334 g/mol. The van der Waals surface area contributed by atoms with Gasteiger partial charge in [0.2, 0.25) is 12.0 Å². The van der Waals surface area contributed by atoms with E-state index in [9.17, 15) is 9.59 Å². The summed E-state index contributed by atoms with van der Waals surface area (Å²) >= 11 is 0. The van der Waals surface area contributed by atoms with Gasteiger partial charge in [0.15, 0.2) is 11.5 Å². The van der Waals surface area contributed by atoms with E-state index >= 15 is 0 Å². The molecule has 2 aliphatic rings. The zero-order valence-electron chi connectivity index (χ0n) is 15.4. The molecule has 0 radical (unpaired) electrons. The van der Waals surface area contributed by atoms with Gasteiger partial charge in [-0.25, -0.2) is 0 Å². The number of ether oxygens (including phenoxy) is 2. The number of hydrogen-bond acceptors (Lipinski definition) is 5. The van der Waals surface area contributed by atoms with Gasteiger partial charge in [0.05, 0.1) is 6.54 Å². The van der Waals surface area contributed by atoms with Crippen molar-refractivity contribution in [1.82, 2.24) is 15.1 Å². The van der Waals surface area contributed by atoms with Crippen molar-refractivity contribution in [3.8, 4) is 11.5 Å². The molecule has 7 nitrogen and oxygen atoms in total. The molecule has 1 saturated heterocycles.